The van der Waals surface area contributed by atoms with Crippen LogP contribution in [0.1, 0.15) is 32.6 Å². The maximum Gasteiger partial charge on any atom is 0.0602 e. The summed E-state index contributed by atoms with van der Waals surface area (Å²) in [5.41, 5.74) is 0. The van der Waals surface area contributed by atoms with E-state index in [1.165, 1.54) is 51.9 Å². The van der Waals surface area contributed by atoms with E-state index in [2.05, 4.69) is 33.6 Å². The molecule has 0 aliphatic carbocycles. The van der Waals surface area contributed by atoms with E-state index in [1.807, 2.05) is 6.92 Å². The van der Waals surface area contributed by atoms with Gasteiger partial charge in [-0.3, -0.25) is 9.80 Å². The molecule has 0 aromatic rings. The maximum atomic E-state index is 3.19. The monoisotopic (exact) mass is 261 g/mol. The number of fused-ring (bicyclic) bond motifs is 2. The second-order valence-electron chi connectivity index (χ2n) is 6.41. The molecule has 3 heteroatoms. The first kappa shape index (κ1) is 13.4. The molecule has 2 unspecified atom stereocenters. The van der Waals surface area contributed by atoms with Crippen LogP contribution in [0.15, 0.2) is 0 Å². The lowest BCUT2D eigenvalue weighted by Gasteiger charge is -2.44. The highest BCUT2D eigenvalue weighted by molar-refractivity contribution is 5.00. The predicted molar refractivity (Wildman–Crippen MR) is 79.1 cm³/mol. The fraction of sp³-hybridized carbons (Fsp3) is 0.875. The molecule has 3 heterocycles. The molecule has 3 saturated heterocycles. The Labute approximate surface area is 117 Å². The third-order valence-corrected chi connectivity index (χ3v) is 5.48. The molecule has 0 aromatic carbocycles. The van der Waals surface area contributed by atoms with E-state index in [-0.39, 0.29) is 0 Å². The van der Waals surface area contributed by atoms with Crippen LogP contribution in [0, 0.1) is 11.8 Å². The van der Waals surface area contributed by atoms with E-state index >= 15 is 0 Å². The number of hydrogen-bond donors (Lipinski definition) is 0. The van der Waals surface area contributed by atoms with Gasteiger partial charge >= 0.3 is 0 Å². The minimum absolute atomic E-state index is 0.855. The smallest absolute Gasteiger partial charge is 0.0602 e. The molecule has 3 nitrogen and oxygen atoms in total. The lowest BCUT2D eigenvalue weighted by molar-refractivity contribution is 0.0432. The summed E-state index contributed by atoms with van der Waals surface area (Å²) in [5.74, 6) is 6.20. The molecule has 3 rings (SSSR count). The van der Waals surface area contributed by atoms with Crippen LogP contribution in [0.3, 0.4) is 0 Å². The van der Waals surface area contributed by atoms with Gasteiger partial charge in [-0.05, 0) is 39.7 Å². The van der Waals surface area contributed by atoms with Crippen LogP contribution in [-0.2, 0) is 0 Å². The molecule has 0 N–H and O–H groups in total. The maximum absolute atomic E-state index is 3.19. The van der Waals surface area contributed by atoms with Crippen LogP contribution in [0.25, 0.3) is 0 Å². The average Bonchev–Trinajstić information content (AvgIpc) is 2.68. The van der Waals surface area contributed by atoms with Gasteiger partial charge in [0.25, 0.3) is 0 Å². The van der Waals surface area contributed by atoms with Crippen molar-refractivity contribution >= 4 is 0 Å². The Morgan fingerprint density at radius 2 is 1.58 bits per heavy atom. The molecule has 3 aliphatic heterocycles. The van der Waals surface area contributed by atoms with E-state index in [1.54, 1.807) is 0 Å². The lowest BCUT2D eigenvalue weighted by atomic mass is 9.96. The Morgan fingerprint density at radius 3 is 2.16 bits per heavy atom. The molecule has 3 aliphatic rings. The van der Waals surface area contributed by atoms with Crippen molar-refractivity contribution in [3.8, 4) is 11.8 Å². The molecular weight excluding hydrogens is 234 g/mol. The van der Waals surface area contributed by atoms with E-state index in [9.17, 15) is 0 Å². The summed E-state index contributed by atoms with van der Waals surface area (Å²) in [6.45, 7) is 7.80. The van der Waals surface area contributed by atoms with Crippen molar-refractivity contribution in [2.75, 3.05) is 39.8 Å². The Morgan fingerprint density at radius 1 is 0.947 bits per heavy atom. The van der Waals surface area contributed by atoms with E-state index in [0.717, 1.165) is 24.7 Å². The highest BCUT2D eigenvalue weighted by Gasteiger charge is 2.40. The first-order valence-electron chi connectivity index (χ1n) is 7.86. The highest BCUT2D eigenvalue weighted by Crippen LogP contribution is 2.36. The third kappa shape index (κ3) is 2.81. The van der Waals surface area contributed by atoms with Gasteiger partial charge in [-0.15, -0.1) is 5.92 Å². The molecule has 106 valence electrons. The van der Waals surface area contributed by atoms with Crippen molar-refractivity contribution < 1.29 is 0 Å². The molecule has 0 spiro atoms. The normalized spacial score (nSPS) is 37.1. The van der Waals surface area contributed by atoms with Gasteiger partial charge in [0.1, 0.15) is 0 Å². The Bertz CT molecular complexity index is 348. The molecule has 0 saturated carbocycles. The van der Waals surface area contributed by atoms with Gasteiger partial charge in [-0.1, -0.05) is 5.92 Å². The largest absolute Gasteiger partial charge is 0.300 e. The Balaban J connectivity index is 1.50. The summed E-state index contributed by atoms with van der Waals surface area (Å²) in [5, 5.41) is 0. The number of piperazine rings is 1. The fourth-order valence-electron chi connectivity index (χ4n) is 4.16. The van der Waals surface area contributed by atoms with Gasteiger partial charge in [0.05, 0.1) is 6.54 Å². The van der Waals surface area contributed by atoms with Gasteiger partial charge in [0.15, 0.2) is 0 Å². The molecule has 19 heavy (non-hydrogen) atoms. The Kier molecular flexibility index (Phi) is 4.12. The summed E-state index contributed by atoms with van der Waals surface area (Å²) in [6.07, 6.45) is 5.68. The number of hydrogen-bond acceptors (Lipinski definition) is 3. The molecular formula is C16H27N3. The minimum Gasteiger partial charge on any atom is -0.300 e. The summed E-state index contributed by atoms with van der Waals surface area (Å²) in [4.78, 5) is 7.90. The second kappa shape index (κ2) is 5.83. The van der Waals surface area contributed by atoms with Crippen LogP contribution in [0.2, 0.25) is 0 Å². The molecule has 0 amide bonds. The van der Waals surface area contributed by atoms with Crippen molar-refractivity contribution in [3.05, 3.63) is 0 Å². The number of nitrogens with zero attached hydrogens (tertiary/aromatic N) is 3. The van der Waals surface area contributed by atoms with Crippen LogP contribution < -0.4 is 0 Å². The summed E-state index contributed by atoms with van der Waals surface area (Å²) in [6, 6.07) is 2.59. The number of piperidine rings is 1. The first-order valence-corrected chi connectivity index (χ1v) is 7.86. The molecule has 3 fully saturated rings. The zero-order valence-corrected chi connectivity index (χ0v) is 12.4. The van der Waals surface area contributed by atoms with Crippen LogP contribution in [0.4, 0.5) is 0 Å². The average molecular weight is 261 g/mol. The molecule has 2 bridgehead atoms. The van der Waals surface area contributed by atoms with Gasteiger partial charge in [-0.25, -0.2) is 0 Å². The van der Waals surface area contributed by atoms with Gasteiger partial charge in [0, 0.05) is 44.3 Å². The van der Waals surface area contributed by atoms with Crippen LogP contribution in [-0.4, -0.2) is 72.6 Å². The highest BCUT2D eigenvalue weighted by atomic mass is 15.3. The SMILES string of the molecule is CC#CCN1CCN(C2CC3CCC(C2)N3C)CC1. The topological polar surface area (TPSA) is 9.72 Å². The lowest BCUT2D eigenvalue weighted by Crippen LogP contribution is -2.55. The van der Waals surface area contributed by atoms with Crippen molar-refractivity contribution in [2.24, 2.45) is 0 Å². The number of rotatable bonds is 2. The van der Waals surface area contributed by atoms with Crippen molar-refractivity contribution in [3.63, 3.8) is 0 Å². The van der Waals surface area contributed by atoms with Crippen molar-refractivity contribution in [2.45, 2.75) is 50.7 Å². The van der Waals surface area contributed by atoms with Crippen LogP contribution in [0.5, 0.6) is 0 Å². The van der Waals surface area contributed by atoms with Crippen molar-refractivity contribution in [1.82, 2.24) is 14.7 Å². The second-order valence-corrected chi connectivity index (χ2v) is 6.41. The zero-order valence-electron chi connectivity index (χ0n) is 12.4. The standard InChI is InChI=1S/C16H27N3/c1-3-4-7-18-8-10-19(11-9-18)16-12-14-5-6-15(13-16)17(14)2/h14-16H,5-13H2,1-2H3. The molecule has 2 atom stereocenters. The molecule has 0 radical (unpaired) electrons. The van der Waals surface area contributed by atoms with E-state index < -0.39 is 0 Å². The third-order valence-electron chi connectivity index (χ3n) is 5.48. The summed E-state index contributed by atoms with van der Waals surface area (Å²) in [7, 11) is 2.33. The van der Waals surface area contributed by atoms with Crippen LogP contribution >= 0.6 is 0 Å². The van der Waals surface area contributed by atoms with Gasteiger partial charge in [0.2, 0.25) is 0 Å². The van der Waals surface area contributed by atoms with Gasteiger partial charge in [-0.2, -0.15) is 0 Å². The minimum atomic E-state index is 0.855. The first-order chi connectivity index (χ1) is 9.28. The fourth-order valence-corrected chi connectivity index (χ4v) is 4.16. The van der Waals surface area contributed by atoms with E-state index in [4.69, 9.17) is 0 Å². The summed E-state index contributed by atoms with van der Waals surface area (Å²) < 4.78 is 0. The zero-order chi connectivity index (χ0) is 13.2. The van der Waals surface area contributed by atoms with Gasteiger partial charge < -0.3 is 4.90 Å². The summed E-state index contributed by atoms with van der Waals surface area (Å²) >= 11 is 0. The van der Waals surface area contributed by atoms with E-state index in [0.29, 0.717) is 0 Å². The quantitative estimate of drug-likeness (QED) is 0.693. The predicted octanol–water partition coefficient (Wildman–Crippen LogP) is 1.25. The Hall–Kier alpha value is -0.560. The molecule has 0 aromatic heterocycles. The van der Waals surface area contributed by atoms with Crippen molar-refractivity contribution in [1.29, 1.82) is 0 Å².